The summed E-state index contributed by atoms with van der Waals surface area (Å²) in [5.74, 6) is -0.473. The van der Waals surface area contributed by atoms with Crippen LogP contribution in [0.25, 0.3) is 0 Å². The fourth-order valence-corrected chi connectivity index (χ4v) is 4.45. The monoisotopic (exact) mass is 407 g/mol. The summed E-state index contributed by atoms with van der Waals surface area (Å²) in [6.07, 6.45) is 0.163. The highest BCUT2D eigenvalue weighted by Crippen LogP contribution is 2.42. The molecule has 2 aliphatic heterocycles. The van der Waals surface area contributed by atoms with Gasteiger partial charge in [0.25, 0.3) is 5.24 Å². The number of fused-ring (bicyclic) bond motifs is 1. The second-order valence-corrected chi connectivity index (χ2v) is 9.02. The maximum Gasteiger partial charge on any atom is 0.299 e. The van der Waals surface area contributed by atoms with Crippen LogP contribution in [0.5, 0.6) is 0 Å². The van der Waals surface area contributed by atoms with Crippen LogP contribution in [-0.2, 0) is 21.4 Å². The average molecular weight is 407 g/mol. The smallest absolute Gasteiger partial charge is 0.274 e. The molecule has 148 valence electrons. The van der Waals surface area contributed by atoms with Crippen molar-refractivity contribution in [2.75, 3.05) is 4.90 Å². The maximum atomic E-state index is 13.1. The summed E-state index contributed by atoms with van der Waals surface area (Å²) >= 11 is 1.17. The number of rotatable bonds is 3. The Morgan fingerprint density at radius 1 is 1.17 bits per heavy atom. The van der Waals surface area contributed by atoms with Crippen LogP contribution in [-0.4, -0.2) is 28.0 Å². The zero-order valence-corrected chi connectivity index (χ0v) is 17.2. The third-order valence-electron chi connectivity index (χ3n) is 5.33. The van der Waals surface area contributed by atoms with Crippen LogP contribution in [0.3, 0.4) is 0 Å². The molecular weight excluding hydrogens is 386 g/mol. The third-order valence-corrected chi connectivity index (χ3v) is 6.21. The topological polar surface area (TPSA) is 78.8 Å². The van der Waals surface area contributed by atoms with Crippen LogP contribution in [0, 0.1) is 0 Å². The summed E-state index contributed by atoms with van der Waals surface area (Å²) in [5, 5.41) is 3.91. The van der Waals surface area contributed by atoms with Gasteiger partial charge in [0.05, 0.1) is 28.5 Å². The van der Waals surface area contributed by atoms with Crippen LogP contribution >= 0.6 is 11.8 Å². The van der Waals surface area contributed by atoms with E-state index in [2.05, 4.69) is 10.5 Å². The van der Waals surface area contributed by atoms with E-state index < -0.39 is 5.41 Å². The van der Waals surface area contributed by atoms with Gasteiger partial charge in [-0.1, -0.05) is 48.2 Å². The van der Waals surface area contributed by atoms with Gasteiger partial charge in [0.1, 0.15) is 0 Å². The average Bonchev–Trinajstić information content (AvgIpc) is 2.88. The van der Waals surface area contributed by atoms with Crippen LogP contribution in [0.1, 0.15) is 37.5 Å². The normalized spacial score (nSPS) is 20.2. The number of anilines is 1. The van der Waals surface area contributed by atoms with Crippen molar-refractivity contribution in [2.24, 2.45) is 5.10 Å². The summed E-state index contributed by atoms with van der Waals surface area (Å²) in [5.41, 5.74) is 5.52. The first-order chi connectivity index (χ1) is 13.8. The van der Waals surface area contributed by atoms with E-state index in [9.17, 15) is 14.4 Å². The Morgan fingerprint density at radius 2 is 1.90 bits per heavy atom. The Morgan fingerprint density at radius 3 is 2.59 bits per heavy atom. The molecule has 29 heavy (non-hydrogen) atoms. The van der Waals surface area contributed by atoms with E-state index >= 15 is 0 Å². The van der Waals surface area contributed by atoms with Gasteiger partial charge in [0.2, 0.25) is 11.8 Å². The zero-order valence-electron chi connectivity index (χ0n) is 16.4. The van der Waals surface area contributed by atoms with E-state index in [1.165, 1.54) is 16.7 Å². The molecular formula is C22H21N3O3S. The van der Waals surface area contributed by atoms with Crippen molar-refractivity contribution in [3.05, 3.63) is 65.2 Å². The molecule has 2 aromatic carbocycles. The second-order valence-electron chi connectivity index (χ2n) is 7.71. The van der Waals surface area contributed by atoms with Crippen molar-refractivity contribution in [3.63, 3.8) is 0 Å². The van der Waals surface area contributed by atoms with Crippen LogP contribution in [0.15, 0.2) is 53.6 Å². The first-order valence-electron chi connectivity index (χ1n) is 9.39. The molecule has 1 N–H and O–H groups in total. The molecule has 4 rings (SSSR count). The minimum absolute atomic E-state index is 0.0992. The highest BCUT2D eigenvalue weighted by Gasteiger charge is 2.46. The Kier molecular flexibility index (Phi) is 4.78. The van der Waals surface area contributed by atoms with E-state index in [0.29, 0.717) is 5.69 Å². The Bertz CT molecular complexity index is 1050. The highest BCUT2D eigenvalue weighted by molar-refractivity contribution is 8.14. The van der Waals surface area contributed by atoms with Gasteiger partial charge in [0.15, 0.2) is 0 Å². The first kappa shape index (κ1) is 19.4. The number of amides is 3. The van der Waals surface area contributed by atoms with Crippen molar-refractivity contribution in [1.29, 1.82) is 0 Å². The molecule has 2 aromatic rings. The van der Waals surface area contributed by atoms with Gasteiger partial charge in [-0.3, -0.25) is 14.4 Å². The largest absolute Gasteiger partial charge is 0.299 e. The van der Waals surface area contributed by atoms with Crippen molar-refractivity contribution in [3.8, 4) is 0 Å². The number of benzene rings is 2. The molecule has 1 unspecified atom stereocenters. The van der Waals surface area contributed by atoms with E-state index in [0.717, 1.165) is 22.4 Å². The van der Waals surface area contributed by atoms with Gasteiger partial charge in [-0.05, 0) is 49.6 Å². The van der Waals surface area contributed by atoms with Crippen molar-refractivity contribution < 1.29 is 14.4 Å². The Hall–Kier alpha value is -2.93. The SMILES string of the molecule is CC1SC(=O)NN=C1c1ccc2c(c1)C(C)(C)C(=O)N2C(=O)Cc1ccccc1. The van der Waals surface area contributed by atoms with Crippen molar-refractivity contribution >= 4 is 40.2 Å². The molecule has 0 bridgehead atoms. The molecule has 0 aromatic heterocycles. The van der Waals surface area contributed by atoms with Gasteiger partial charge >= 0.3 is 0 Å². The Labute approximate surface area is 173 Å². The van der Waals surface area contributed by atoms with Crippen LogP contribution in [0.2, 0.25) is 0 Å². The maximum absolute atomic E-state index is 13.1. The van der Waals surface area contributed by atoms with E-state index in [1.54, 1.807) is 6.07 Å². The summed E-state index contributed by atoms with van der Waals surface area (Å²) < 4.78 is 0. The summed E-state index contributed by atoms with van der Waals surface area (Å²) in [6.45, 7) is 5.58. The predicted molar refractivity (Wildman–Crippen MR) is 114 cm³/mol. The molecule has 0 aliphatic carbocycles. The van der Waals surface area contributed by atoms with Gasteiger partial charge in [0, 0.05) is 0 Å². The molecule has 7 heteroatoms. The number of imide groups is 1. The number of nitrogens with one attached hydrogen (secondary N) is 1. The molecule has 3 amide bonds. The summed E-state index contributed by atoms with van der Waals surface area (Å²) in [4.78, 5) is 38.9. The molecule has 2 aliphatic rings. The molecule has 2 heterocycles. The number of carbonyl (C=O) groups excluding carboxylic acids is 3. The predicted octanol–water partition coefficient (Wildman–Crippen LogP) is 3.63. The van der Waals surface area contributed by atoms with E-state index in [-0.39, 0.29) is 28.7 Å². The molecule has 0 saturated carbocycles. The van der Waals surface area contributed by atoms with Crippen LogP contribution in [0.4, 0.5) is 10.5 Å². The fourth-order valence-electron chi connectivity index (χ4n) is 3.73. The van der Waals surface area contributed by atoms with Gasteiger partial charge < -0.3 is 0 Å². The second kappa shape index (κ2) is 7.15. The number of hydrogen-bond acceptors (Lipinski definition) is 5. The number of thioether (sulfide) groups is 1. The summed E-state index contributed by atoms with van der Waals surface area (Å²) in [7, 11) is 0. The minimum Gasteiger partial charge on any atom is -0.274 e. The van der Waals surface area contributed by atoms with E-state index in [4.69, 9.17) is 0 Å². The molecule has 0 radical (unpaired) electrons. The highest BCUT2D eigenvalue weighted by atomic mass is 32.2. The molecule has 0 saturated heterocycles. The lowest BCUT2D eigenvalue weighted by molar-refractivity contribution is -0.128. The number of hydrazone groups is 1. The number of carbonyl (C=O) groups is 3. The lowest BCUT2D eigenvalue weighted by atomic mass is 9.85. The quantitative estimate of drug-likeness (QED) is 0.843. The number of nitrogens with zero attached hydrogens (tertiary/aromatic N) is 2. The molecule has 0 spiro atoms. The van der Waals surface area contributed by atoms with Gasteiger partial charge in [-0.2, -0.15) is 5.10 Å². The third kappa shape index (κ3) is 3.35. The molecule has 1 atom stereocenters. The lowest BCUT2D eigenvalue weighted by Crippen LogP contribution is -2.41. The van der Waals surface area contributed by atoms with Gasteiger partial charge in [-0.25, -0.2) is 10.3 Å². The zero-order chi connectivity index (χ0) is 20.8. The molecule has 0 fully saturated rings. The number of hydrogen-bond donors (Lipinski definition) is 1. The van der Waals surface area contributed by atoms with E-state index in [1.807, 2.05) is 63.2 Å². The fraction of sp³-hybridized carbons (Fsp3) is 0.273. The van der Waals surface area contributed by atoms with Crippen molar-refractivity contribution in [2.45, 2.75) is 37.9 Å². The molecule has 6 nitrogen and oxygen atoms in total. The lowest BCUT2D eigenvalue weighted by Gasteiger charge is -2.20. The van der Waals surface area contributed by atoms with Gasteiger partial charge in [-0.15, -0.1) is 0 Å². The standard InChI is InChI=1S/C22H21N3O3S/c1-13-19(23-24-21(28)29-13)15-9-10-17-16(12-15)22(2,3)20(27)25(17)18(26)11-14-7-5-4-6-8-14/h4-10,12-13H,11H2,1-3H3,(H,24,28). The van der Waals surface area contributed by atoms with Crippen molar-refractivity contribution in [1.82, 2.24) is 5.43 Å². The van der Waals surface area contributed by atoms with Crippen LogP contribution < -0.4 is 10.3 Å². The first-order valence-corrected chi connectivity index (χ1v) is 10.3. The minimum atomic E-state index is -0.827. The summed E-state index contributed by atoms with van der Waals surface area (Å²) in [6, 6.07) is 15.0. The Balaban J connectivity index is 1.70.